The number of Topliss-reactive ketones (excluding diaryl/α,β-unsaturated/α-hetero) is 1. The summed E-state index contributed by atoms with van der Waals surface area (Å²) in [5.41, 5.74) is 3.85. The molecule has 0 bridgehead atoms. The van der Waals surface area contributed by atoms with Gasteiger partial charge in [-0.3, -0.25) is 9.59 Å². The third-order valence-electron chi connectivity index (χ3n) is 6.39. The molecule has 4 N–H and O–H groups in total. The molecule has 37 heavy (non-hydrogen) atoms. The predicted molar refractivity (Wildman–Crippen MR) is 138 cm³/mol. The fourth-order valence-electron chi connectivity index (χ4n) is 4.14. The number of carbonyl (C=O) groups excluding carboxylic acids is 2. The number of carbonyl (C=O) groups is 4. The summed E-state index contributed by atoms with van der Waals surface area (Å²) in [7, 11) is 0. The van der Waals surface area contributed by atoms with Crippen molar-refractivity contribution in [1.82, 2.24) is 9.88 Å². The molecule has 12 nitrogen and oxygen atoms in total. The van der Waals surface area contributed by atoms with Crippen molar-refractivity contribution in [2.24, 2.45) is 17.0 Å². The normalized spacial score (nSPS) is 27.9. The molecular weight excluding hydrogens is 544 g/mol. The van der Waals surface area contributed by atoms with Gasteiger partial charge in [0.25, 0.3) is 0 Å². The Hall–Kier alpha value is -2.36. The van der Waals surface area contributed by atoms with Crippen LogP contribution in [0, 0.1) is 11.8 Å². The van der Waals surface area contributed by atoms with Crippen molar-refractivity contribution in [3.8, 4) is 0 Å². The van der Waals surface area contributed by atoms with Gasteiger partial charge in [-0.05, 0) is 32.6 Å². The molecule has 3 aliphatic heterocycles. The number of rotatable bonds is 11. The van der Waals surface area contributed by atoms with Crippen molar-refractivity contribution in [1.29, 1.82) is 0 Å². The van der Waals surface area contributed by atoms with Crippen molar-refractivity contribution < 1.29 is 39.0 Å². The van der Waals surface area contributed by atoms with Crippen LogP contribution in [0.25, 0.3) is 0 Å². The number of nitrogen functional groups attached to an aromatic ring is 1. The highest BCUT2D eigenvalue weighted by Crippen LogP contribution is 2.55. The van der Waals surface area contributed by atoms with Crippen LogP contribution >= 0.6 is 34.9 Å². The smallest absolute Gasteiger partial charge is 0.350 e. The molecule has 4 atom stereocenters. The first kappa shape index (κ1) is 27.7. The Kier molecular flexibility index (Phi) is 8.07. The molecule has 4 heterocycles. The number of hydrogen-bond donors (Lipinski definition) is 3. The molecule has 3 fully saturated rings. The molecule has 3 aliphatic rings. The minimum atomic E-state index is -1.71. The average molecular weight is 573 g/mol. The number of nitrogens with two attached hydrogens (primary N) is 1. The molecule has 0 aliphatic carbocycles. The molecule has 4 rings (SSSR count). The van der Waals surface area contributed by atoms with Gasteiger partial charge in [0.15, 0.2) is 20.7 Å². The molecule has 3 saturated heterocycles. The van der Waals surface area contributed by atoms with Crippen molar-refractivity contribution in [2.75, 3.05) is 31.2 Å². The van der Waals surface area contributed by atoms with Gasteiger partial charge in [-0.2, -0.15) is 0 Å². The van der Waals surface area contributed by atoms with Crippen LogP contribution in [0.4, 0.5) is 5.13 Å². The van der Waals surface area contributed by atoms with E-state index in [1.807, 2.05) is 0 Å². The third kappa shape index (κ3) is 5.73. The van der Waals surface area contributed by atoms with Crippen molar-refractivity contribution in [3.63, 3.8) is 0 Å². The van der Waals surface area contributed by atoms with Crippen molar-refractivity contribution in [2.45, 2.75) is 48.2 Å². The van der Waals surface area contributed by atoms with Gasteiger partial charge in [0, 0.05) is 24.2 Å². The Bertz CT molecular complexity index is 1120. The van der Waals surface area contributed by atoms with E-state index in [0.717, 1.165) is 30.8 Å². The molecular formula is C22H28N4O8S3. The first-order valence-corrected chi connectivity index (χ1v) is 14.4. The fourth-order valence-corrected chi connectivity index (χ4v) is 7.97. The highest BCUT2D eigenvalue weighted by atomic mass is 32.2. The molecule has 0 spiro atoms. The second-order valence-corrected chi connectivity index (χ2v) is 13.5. The number of carboxylic acid groups (broad SMARTS) is 2. The maximum absolute atomic E-state index is 13.3. The van der Waals surface area contributed by atoms with Gasteiger partial charge in [-0.1, -0.05) is 5.16 Å². The van der Waals surface area contributed by atoms with E-state index >= 15 is 0 Å². The minimum absolute atomic E-state index is 0.0545. The van der Waals surface area contributed by atoms with E-state index in [0.29, 0.717) is 12.4 Å². The standard InChI is InChI=1S/C22H28N4O8S3/c1-21(2,18(29)30)34-25-15(13-9-35-20(23)24-13)14(27)6-12-16(28)26-10-22(19(31)32,37-17(12)26)36-8-11-4-3-5-33-7-11/h9,11-12,17H,3-8,10H2,1-2H3,(H2,23,24)(H,29,30)(H,31,32)/b25-15-/t11-,12-,17?,22-/m1/s1. The van der Waals surface area contributed by atoms with E-state index in [-0.39, 0.29) is 41.3 Å². The fraction of sp³-hybridized carbons (Fsp3) is 0.636. The summed E-state index contributed by atoms with van der Waals surface area (Å²) in [5.74, 6) is -3.05. The van der Waals surface area contributed by atoms with Crippen molar-refractivity contribution >= 4 is 69.3 Å². The summed E-state index contributed by atoms with van der Waals surface area (Å²) in [5, 5.41) is 24.3. The summed E-state index contributed by atoms with van der Waals surface area (Å²) in [6.07, 6.45) is 1.66. The number of anilines is 1. The number of nitrogens with zero attached hydrogens (tertiary/aromatic N) is 3. The number of ketones is 1. The molecule has 0 saturated carbocycles. The SMILES string of the molecule is CC(C)(O/N=C(\C(=O)C[C@@H]1C(=O)N2C[C@](SC[C@@H]3CCCOC3)(C(=O)O)SC12)c1csc(N)n1)C(=O)O. The van der Waals surface area contributed by atoms with Gasteiger partial charge < -0.3 is 30.4 Å². The van der Waals surface area contributed by atoms with Gasteiger partial charge in [0.05, 0.1) is 24.4 Å². The summed E-state index contributed by atoms with van der Waals surface area (Å²) < 4.78 is 4.28. The topological polar surface area (TPSA) is 182 Å². The number of oxime groups is 1. The number of aliphatic carboxylic acids is 2. The monoisotopic (exact) mass is 572 g/mol. The van der Waals surface area contributed by atoms with Gasteiger partial charge in [-0.15, -0.1) is 34.9 Å². The van der Waals surface area contributed by atoms with E-state index in [2.05, 4.69) is 10.1 Å². The van der Waals surface area contributed by atoms with Crippen LogP contribution in [0.15, 0.2) is 10.5 Å². The number of thiazole rings is 1. The molecule has 1 unspecified atom stereocenters. The molecule has 1 amide bonds. The highest BCUT2D eigenvalue weighted by Gasteiger charge is 2.62. The first-order chi connectivity index (χ1) is 17.4. The molecule has 1 aromatic rings. The number of amides is 1. The average Bonchev–Trinajstić information content (AvgIpc) is 3.44. The first-order valence-electron chi connectivity index (χ1n) is 11.6. The molecule has 0 aromatic carbocycles. The molecule has 1 aromatic heterocycles. The Morgan fingerprint density at radius 3 is 2.76 bits per heavy atom. The lowest BCUT2D eigenvalue weighted by Crippen LogP contribution is -2.57. The third-order valence-corrected chi connectivity index (χ3v) is 10.6. The number of fused-ring (bicyclic) bond motifs is 1. The van der Waals surface area contributed by atoms with Crippen LogP contribution in [0.1, 0.15) is 38.8 Å². The molecule has 202 valence electrons. The Balaban J connectivity index is 1.47. The van der Waals surface area contributed by atoms with Crippen LogP contribution in [-0.2, 0) is 28.8 Å². The van der Waals surface area contributed by atoms with Crippen molar-refractivity contribution in [3.05, 3.63) is 11.1 Å². The Morgan fingerprint density at radius 1 is 1.41 bits per heavy atom. The predicted octanol–water partition coefficient (Wildman–Crippen LogP) is 1.74. The molecule has 15 heteroatoms. The minimum Gasteiger partial charge on any atom is -0.480 e. The van der Waals surface area contributed by atoms with Gasteiger partial charge in [0.1, 0.15) is 5.69 Å². The number of hydrogen-bond acceptors (Lipinski definition) is 12. The van der Waals surface area contributed by atoms with Crippen LogP contribution in [0.5, 0.6) is 0 Å². The lowest BCUT2D eigenvalue weighted by Gasteiger charge is -2.41. The maximum atomic E-state index is 13.3. The van der Waals surface area contributed by atoms with Crippen LogP contribution in [-0.4, -0.2) is 90.0 Å². The summed E-state index contributed by atoms with van der Waals surface area (Å²) in [6.45, 7) is 3.93. The highest BCUT2D eigenvalue weighted by molar-refractivity contribution is 8.19. The van der Waals surface area contributed by atoms with Crippen LogP contribution in [0.2, 0.25) is 0 Å². The number of carboxylic acids is 2. The van der Waals surface area contributed by atoms with E-state index in [9.17, 15) is 29.4 Å². The largest absolute Gasteiger partial charge is 0.480 e. The number of ether oxygens (including phenoxy) is 1. The summed E-state index contributed by atoms with van der Waals surface area (Å²) >= 11 is 3.57. The van der Waals surface area contributed by atoms with E-state index in [1.54, 1.807) is 0 Å². The number of β-lactam (4-membered cyclic amide) rings is 1. The Labute approximate surface area is 225 Å². The van der Waals surface area contributed by atoms with Gasteiger partial charge >= 0.3 is 11.9 Å². The van der Waals surface area contributed by atoms with Gasteiger partial charge in [0.2, 0.25) is 11.5 Å². The van der Waals surface area contributed by atoms with Crippen LogP contribution < -0.4 is 5.73 Å². The number of aromatic nitrogens is 1. The second kappa shape index (κ2) is 10.8. The molecule has 0 radical (unpaired) electrons. The Morgan fingerprint density at radius 2 is 2.16 bits per heavy atom. The summed E-state index contributed by atoms with van der Waals surface area (Å²) in [6, 6.07) is 0. The van der Waals surface area contributed by atoms with Crippen LogP contribution in [0.3, 0.4) is 0 Å². The van der Waals surface area contributed by atoms with E-state index < -0.39 is 38.7 Å². The zero-order valence-electron chi connectivity index (χ0n) is 20.2. The maximum Gasteiger partial charge on any atom is 0.350 e. The van der Waals surface area contributed by atoms with E-state index in [4.69, 9.17) is 15.3 Å². The van der Waals surface area contributed by atoms with Gasteiger partial charge in [-0.25, -0.2) is 14.6 Å². The summed E-state index contributed by atoms with van der Waals surface area (Å²) in [4.78, 5) is 60.6. The lowest BCUT2D eigenvalue weighted by atomic mass is 9.90. The number of thioether (sulfide) groups is 2. The van der Waals surface area contributed by atoms with E-state index in [1.165, 1.54) is 47.7 Å². The second-order valence-electron chi connectivity index (χ2n) is 9.58. The quantitative estimate of drug-likeness (QED) is 0.199. The zero-order valence-corrected chi connectivity index (χ0v) is 22.7. The zero-order chi connectivity index (χ0) is 27.0. The lowest BCUT2D eigenvalue weighted by molar-refractivity contribution is -0.161.